The first-order chi connectivity index (χ1) is 27.5. The van der Waals surface area contributed by atoms with E-state index in [1.807, 2.05) is 0 Å². The Hall–Kier alpha value is 0.344. The zero-order valence-corrected chi connectivity index (χ0v) is 44.1. The summed E-state index contributed by atoms with van der Waals surface area (Å²) >= 11 is 18.1. The molecule has 0 atom stereocenters. The third-order valence-electron chi connectivity index (χ3n) is 10.2. The van der Waals surface area contributed by atoms with Crippen molar-refractivity contribution in [3.05, 3.63) is 63.4 Å². The van der Waals surface area contributed by atoms with Gasteiger partial charge in [0.2, 0.25) is 0 Å². The van der Waals surface area contributed by atoms with E-state index in [-0.39, 0.29) is 70.2 Å². The summed E-state index contributed by atoms with van der Waals surface area (Å²) in [6.07, 6.45) is 12.8. The molecule has 3 aromatic rings. The second kappa shape index (κ2) is 32.9. The number of nitrogens with zero attached hydrogens (tertiary/aromatic N) is 2. The maximum atomic E-state index is 6.14. The van der Waals surface area contributed by atoms with Gasteiger partial charge in [0.15, 0.2) is 4.77 Å². The van der Waals surface area contributed by atoms with Gasteiger partial charge in [0.05, 0.1) is 11.4 Å². The fourth-order valence-electron chi connectivity index (χ4n) is 6.95. The van der Waals surface area contributed by atoms with Gasteiger partial charge in [0.1, 0.15) is 0 Å². The number of imidazole rings is 1. The Morgan fingerprint density at radius 1 is 0.424 bits per heavy atom. The largest absolute Gasteiger partial charge is 1.00 e. The molecule has 12 heteroatoms. The van der Waals surface area contributed by atoms with E-state index in [0.29, 0.717) is 38.5 Å². The maximum absolute atomic E-state index is 6.14. The van der Waals surface area contributed by atoms with Crippen molar-refractivity contribution in [1.82, 2.24) is 9.13 Å². The molecule has 0 aliphatic carbocycles. The molecular formula is C47H74KLiN2O5S3. The normalized spacial score (nSPS) is 16.7. The van der Waals surface area contributed by atoms with Crippen LogP contribution in [0.5, 0.6) is 0 Å². The summed E-state index contributed by atoms with van der Waals surface area (Å²) in [7, 11) is 0. The standard InChI is InChI=1S/C27H36N2S3.5C4H8O.K.Li/c1-15(2)19-11-9-12-20(16(3)4)23(19)28-25(30)26(31)29(27(28)32)24-21(17(5)6)13-10-14-22(24)18(7)8;5*1-2-4-5-3-1;;/h9-18,30-31H,1-8H3;5*1-4H2;;/q;;;;;;2*+1/p-2. The van der Waals surface area contributed by atoms with Gasteiger partial charge in [-0.1, -0.05) is 91.8 Å². The Balaban J connectivity index is 0.000000508. The smallest absolute Gasteiger partial charge is 0.762 e. The van der Waals surface area contributed by atoms with Crippen LogP contribution in [0.2, 0.25) is 0 Å². The molecule has 0 unspecified atom stereocenters. The van der Waals surface area contributed by atoms with Crippen LogP contribution in [-0.2, 0) is 48.9 Å². The summed E-state index contributed by atoms with van der Waals surface area (Å²) in [5, 5.41) is 1.24. The zero-order chi connectivity index (χ0) is 41.6. The molecule has 0 bridgehead atoms. The minimum Gasteiger partial charge on any atom is -0.762 e. The maximum Gasteiger partial charge on any atom is 1.00 e. The van der Waals surface area contributed by atoms with Gasteiger partial charge in [-0.25, -0.2) is 0 Å². The fourth-order valence-corrected chi connectivity index (χ4v) is 7.97. The SMILES string of the molecule is C1CCOC1.C1CCOC1.C1CCOC1.C1CCOC1.C1CCOC1.CC(C)c1cccc(C(C)C)c1-n1c([S-])c([S-])n(-c2c(C(C)C)cccc2C(C)C)c1=S.[K+].[Li+]. The molecule has 0 N–H and O–H groups in total. The average Bonchev–Trinajstić information content (AvgIpc) is 4.06. The molecule has 5 fully saturated rings. The molecule has 8 rings (SSSR count). The van der Waals surface area contributed by atoms with Crippen molar-refractivity contribution in [3.63, 3.8) is 0 Å². The fraction of sp³-hybridized carbons (Fsp3) is 0.681. The van der Waals surface area contributed by atoms with E-state index in [0.717, 1.165) is 77.4 Å². The van der Waals surface area contributed by atoms with Crippen molar-refractivity contribution >= 4 is 37.5 Å². The van der Waals surface area contributed by atoms with E-state index in [2.05, 4.69) is 101 Å². The molecule has 2 aromatic carbocycles. The molecule has 5 aliphatic heterocycles. The quantitative estimate of drug-likeness (QED) is 0.163. The van der Waals surface area contributed by atoms with Gasteiger partial charge >= 0.3 is 70.2 Å². The monoisotopic (exact) mass is 888 g/mol. The molecule has 6 heterocycles. The summed E-state index contributed by atoms with van der Waals surface area (Å²) in [6.45, 7) is 27.7. The van der Waals surface area contributed by atoms with Gasteiger partial charge in [-0.15, -0.1) is 10.1 Å². The van der Waals surface area contributed by atoms with Crippen LogP contribution in [-0.4, -0.2) is 75.2 Å². The summed E-state index contributed by atoms with van der Waals surface area (Å²) in [6, 6.07) is 13.0. The first-order valence-electron chi connectivity index (χ1n) is 21.9. The summed E-state index contributed by atoms with van der Waals surface area (Å²) < 4.78 is 29.5. The molecule has 0 radical (unpaired) electrons. The zero-order valence-electron chi connectivity index (χ0n) is 38.6. The minimum atomic E-state index is 0. The predicted molar refractivity (Wildman–Crippen MR) is 244 cm³/mol. The van der Waals surface area contributed by atoms with Crippen LogP contribution in [0.3, 0.4) is 0 Å². The predicted octanol–water partition coefficient (Wildman–Crippen LogP) is 6.29. The number of aromatic nitrogens is 2. The van der Waals surface area contributed by atoms with Crippen LogP contribution in [0.4, 0.5) is 0 Å². The summed E-state index contributed by atoms with van der Waals surface area (Å²) in [4.78, 5) is 0. The Labute approximate surface area is 430 Å². The van der Waals surface area contributed by atoms with E-state index >= 15 is 0 Å². The van der Waals surface area contributed by atoms with Crippen molar-refractivity contribution in [3.8, 4) is 11.4 Å². The Kier molecular flexibility index (Phi) is 32.0. The van der Waals surface area contributed by atoms with Gasteiger partial charge in [0.25, 0.3) is 0 Å². The number of ether oxygens (including phenoxy) is 5. The van der Waals surface area contributed by atoms with Crippen LogP contribution in [0, 0.1) is 4.77 Å². The molecule has 5 saturated heterocycles. The van der Waals surface area contributed by atoms with Crippen molar-refractivity contribution in [2.24, 2.45) is 0 Å². The molecule has 59 heavy (non-hydrogen) atoms. The Morgan fingerprint density at radius 3 is 0.746 bits per heavy atom. The molecule has 0 saturated carbocycles. The molecule has 0 amide bonds. The third kappa shape index (κ3) is 19.5. The van der Waals surface area contributed by atoms with Crippen LogP contribution >= 0.6 is 12.2 Å². The van der Waals surface area contributed by atoms with Crippen LogP contribution < -0.4 is 70.2 Å². The van der Waals surface area contributed by atoms with Crippen molar-refractivity contribution in [1.29, 1.82) is 0 Å². The molecular weight excluding hydrogens is 815 g/mol. The Morgan fingerprint density at radius 2 is 0.610 bits per heavy atom. The van der Waals surface area contributed by atoms with E-state index in [4.69, 9.17) is 61.2 Å². The van der Waals surface area contributed by atoms with E-state index in [1.54, 1.807) is 0 Å². The van der Waals surface area contributed by atoms with E-state index < -0.39 is 0 Å². The van der Waals surface area contributed by atoms with Gasteiger partial charge in [-0.05, 0) is 122 Å². The second-order valence-electron chi connectivity index (χ2n) is 16.4. The van der Waals surface area contributed by atoms with E-state index in [9.17, 15) is 0 Å². The van der Waals surface area contributed by atoms with E-state index in [1.165, 1.54) is 86.5 Å². The van der Waals surface area contributed by atoms with Crippen LogP contribution in [0.15, 0.2) is 46.5 Å². The number of hydrogen-bond donors (Lipinski definition) is 0. The molecule has 5 aliphatic rings. The molecule has 0 spiro atoms. The van der Waals surface area contributed by atoms with Crippen LogP contribution in [0.1, 0.15) is 166 Å². The molecule has 7 nitrogen and oxygen atoms in total. The van der Waals surface area contributed by atoms with Crippen molar-refractivity contribution < 1.29 is 93.9 Å². The third-order valence-corrected chi connectivity index (χ3v) is 11.5. The first kappa shape index (κ1) is 57.4. The number of benzene rings is 2. The van der Waals surface area contributed by atoms with Crippen molar-refractivity contribution in [2.45, 2.75) is 153 Å². The summed E-state index contributed by atoms with van der Waals surface area (Å²) in [5.74, 6) is 1.36. The van der Waals surface area contributed by atoms with Gasteiger partial charge in [0, 0.05) is 66.1 Å². The van der Waals surface area contributed by atoms with Gasteiger partial charge < -0.3 is 58.1 Å². The number of rotatable bonds is 6. The van der Waals surface area contributed by atoms with Crippen LogP contribution in [0.25, 0.3) is 11.4 Å². The second-order valence-corrected chi connectivity index (χ2v) is 17.5. The minimum absolute atomic E-state index is 0. The molecule has 1 aromatic heterocycles. The average molecular weight is 889 g/mol. The number of hydrogen-bond acceptors (Lipinski definition) is 8. The summed E-state index contributed by atoms with van der Waals surface area (Å²) in [5.41, 5.74) is 7.17. The van der Waals surface area contributed by atoms with Gasteiger partial charge in [-0.2, -0.15) is 0 Å². The van der Waals surface area contributed by atoms with Gasteiger partial charge in [-0.3, -0.25) is 0 Å². The first-order valence-corrected chi connectivity index (χ1v) is 23.1. The molecule has 322 valence electrons. The Bertz CT molecular complexity index is 1370. The topological polar surface area (TPSA) is 56.0 Å². The van der Waals surface area contributed by atoms with Crippen molar-refractivity contribution in [2.75, 3.05) is 66.1 Å². The number of para-hydroxylation sites is 2.